The molecule has 1 aliphatic heterocycles. The van der Waals surface area contributed by atoms with Gasteiger partial charge in [0.1, 0.15) is 0 Å². The minimum Gasteiger partial charge on any atom is -0.377 e. The Balaban J connectivity index is 2.28. The number of alkyl halides is 2. The fraction of sp³-hybridized carbons (Fsp3) is 1.00. The number of nitrogens with zero attached hydrogens (tertiary/aromatic N) is 1. The molecule has 14 heavy (non-hydrogen) atoms. The molecule has 0 N–H and O–H groups in total. The Hall–Kier alpha value is -0.220. The lowest BCUT2D eigenvalue weighted by Gasteiger charge is -2.24. The van der Waals surface area contributed by atoms with E-state index in [0.717, 1.165) is 19.4 Å². The van der Waals surface area contributed by atoms with E-state index in [1.807, 2.05) is 18.7 Å². The van der Waals surface area contributed by atoms with E-state index in [0.29, 0.717) is 6.61 Å². The van der Waals surface area contributed by atoms with Crippen LogP contribution in [0.3, 0.4) is 0 Å². The number of rotatable bonds is 5. The van der Waals surface area contributed by atoms with E-state index in [9.17, 15) is 8.78 Å². The van der Waals surface area contributed by atoms with Gasteiger partial charge in [-0.3, -0.25) is 4.90 Å². The zero-order valence-electron chi connectivity index (χ0n) is 8.88. The Bertz CT molecular complexity index is 164. The summed E-state index contributed by atoms with van der Waals surface area (Å²) in [5.74, 6) is 0. The van der Waals surface area contributed by atoms with Gasteiger partial charge in [-0.25, -0.2) is 8.78 Å². The van der Waals surface area contributed by atoms with E-state index < -0.39 is 6.43 Å². The Morgan fingerprint density at radius 2 is 2.14 bits per heavy atom. The van der Waals surface area contributed by atoms with E-state index in [-0.39, 0.29) is 18.7 Å². The molecule has 0 spiro atoms. The number of halogens is 2. The van der Waals surface area contributed by atoms with Crippen LogP contribution in [0.1, 0.15) is 26.7 Å². The lowest BCUT2D eigenvalue weighted by molar-refractivity contribution is 0.0179. The Labute approximate surface area is 84.2 Å². The number of likely N-dealkylation sites (tertiary alicyclic amines) is 1. The van der Waals surface area contributed by atoms with Crippen LogP contribution < -0.4 is 0 Å². The minimum atomic E-state index is -2.23. The van der Waals surface area contributed by atoms with Gasteiger partial charge in [0.05, 0.1) is 19.3 Å². The van der Waals surface area contributed by atoms with Crippen molar-refractivity contribution in [2.24, 2.45) is 0 Å². The maximum atomic E-state index is 12.2. The highest BCUT2D eigenvalue weighted by Gasteiger charge is 2.26. The minimum absolute atomic E-state index is 0.105. The molecule has 1 rings (SSSR count). The molecule has 1 fully saturated rings. The summed E-state index contributed by atoms with van der Waals surface area (Å²) >= 11 is 0. The third-order valence-electron chi connectivity index (χ3n) is 2.49. The molecule has 1 heterocycles. The molecule has 0 aromatic heterocycles. The number of ether oxygens (including phenoxy) is 1. The summed E-state index contributed by atoms with van der Waals surface area (Å²) in [6, 6.07) is 0.200. The molecule has 0 bridgehead atoms. The smallest absolute Gasteiger partial charge is 0.251 e. The van der Waals surface area contributed by atoms with Gasteiger partial charge in [-0.05, 0) is 33.2 Å². The summed E-state index contributed by atoms with van der Waals surface area (Å²) in [5, 5.41) is 0. The van der Waals surface area contributed by atoms with Crippen molar-refractivity contribution in [1.82, 2.24) is 4.90 Å². The predicted octanol–water partition coefficient (Wildman–Crippen LogP) is 2.14. The van der Waals surface area contributed by atoms with Gasteiger partial charge in [-0.1, -0.05) is 0 Å². The molecule has 0 radical (unpaired) electrons. The maximum absolute atomic E-state index is 12.2. The molecule has 2 nitrogen and oxygen atoms in total. The van der Waals surface area contributed by atoms with Gasteiger partial charge in [-0.2, -0.15) is 0 Å². The average molecular weight is 207 g/mol. The summed E-state index contributed by atoms with van der Waals surface area (Å²) in [7, 11) is 0. The first-order valence-corrected chi connectivity index (χ1v) is 5.23. The van der Waals surface area contributed by atoms with Crippen molar-refractivity contribution in [3.63, 3.8) is 0 Å². The first-order chi connectivity index (χ1) is 6.59. The number of hydrogen-bond acceptors (Lipinski definition) is 2. The molecule has 1 aliphatic rings. The van der Waals surface area contributed by atoms with Gasteiger partial charge in [0.25, 0.3) is 6.43 Å². The van der Waals surface area contributed by atoms with Crippen LogP contribution in [0.15, 0.2) is 0 Å². The molecule has 0 aromatic carbocycles. The highest BCUT2D eigenvalue weighted by molar-refractivity contribution is 4.79. The third kappa shape index (κ3) is 3.88. The van der Waals surface area contributed by atoms with Crippen LogP contribution >= 0.6 is 0 Å². The van der Waals surface area contributed by atoms with Crippen LogP contribution in [0.4, 0.5) is 8.78 Å². The molecule has 1 atom stereocenters. The zero-order valence-corrected chi connectivity index (χ0v) is 8.88. The summed E-state index contributed by atoms with van der Waals surface area (Å²) in [4.78, 5) is 1.84. The van der Waals surface area contributed by atoms with E-state index in [4.69, 9.17) is 4.74 Å². The van der Waals surface area contributed by atoms with E-state index in [1.54, 1.807) is 0 Å². The first kappa shape index (κ1) is 11.9. The van der Waals surface area contributed by atoms with E-state index >= 15 is 0 Å². The van der Waals surface area contributed by atoms with Gasteiger partial charge in [0.2, 0.25) is 0 Å². The van der Waals surface area contributed by atoms with Crippen LogP contribution in [0.2, 0.25) is 0 Å². The molecule has 0 aromatic rings. The van der Waals surface area contributed by atoms with Crippen molar-refractivity contribution in [3.05, 3.63) is 0 Å². The van der Waals surface area contributed by atoms with Gasteiger partial charge in [-0.15, -0.1) is 0 Å². The van der Waals surface area contributed by atoms with Gasteiger partial charge < -0.3 is 4.74 Å². The zero-order chi connectivity index (χ0) is 10.6. The Kier molecular flexibility index (Phi) is 4.75. The molecular weight excluding hydrogens is 188 g/mol. The summed E-state index contributed by atoms with van der Waals surface area (Å²) < 4.78 is 29.8. The molecule has 84 valence electrons. The van der Waals surface area contributed by atoms with Crippen LogP contribution in [-0.2, 0) is 4.74 Å². The topological polar surface area (TPSA) is 12.5 Å². The normalized spacial score (nSPS) is 24.0. The monoisotopic (exact) mass is 207 g/mol. The fourth-order valence-electron chi connectivity index (χ4n) is 1.81. The Morgan fingerprint density at radius 3 is 2.71 bits per heavy atom. The standard InChI is InChI=1S/C10H19F2NO/c1-8(2)14-7-9-4-3-5-13(9)6-10(11)12/h8-10H,3-7H2,1-2H3. The maximum Gasteiger partial charge on any atom is 0.251 e. The molecule has 0 aliphatic carbocycles. The molecule has 4 heteroatoms. The summed E-state index contributed by atoms with van der Waals surface area (Å²) in [5.41, 5.74) is 0. The quantitative estimate of drug-likeness (QED) is 0.685. The molecule has 1 unspecified atom stereocenters. The highest BCUT2D eigenvalue weighted by atomic mass is 19.3. The average Bonchev–Trinajstić information content (AvgIpc) is 2.47. The molecular formula is C10H19F2NO. The van der Waals surface area contributed by atoms with Crippen molar-refractivity contribution in [2.45, 2.75) is 45.3 Å². The van der Waals surface area contributed by atoms with Crippen molar-refractivity contribution in [1.29, 1.82) is 0 Å². The van der Waals surface area contributed by atoms with Crippen LogP contribution in [-0.4, -0.2) is 43.2 Å². The highest BCUT2D eigenvalue weighted by Crippen LogP contribution is 2.18. The predicted molar refractivity (Wildman–Crippen MR) is 51.7 cm³/mol. The van der Waals surface area contributed by atoms with Crippen molar-refractivity contribution in [2.75, 3.05) is 19.7 Å². The van der Waals surface area contributed by atoms with Crippen molar-refractivity contribution < 1.29 is 13.5 Å². The second-order valence-corrected chi connectivity index (χ2v) is 4.06. The lowest BCUT2D eigenvalue weighted by Crippen LogP contribution is -2.37. The van der Waals surface area contributed by atoms with Crippen molar-refractivity contribution >= 4 is 0 Å². The second kappa shape index (κ2) is 5.61. The van der Waals surface area contributed by atoms with Crippen LogP contribution in [0.25, 0.3) is 0 Å². The molecule has 1 saturated heterocycles. The van der Waals surface area contributed by atoms with Crippen LogP contribution in [0, 0.1) is 0 Å². The molecule has 0 amide bonds. The number of hydrogen-bond donors (Lipinski definition) is 0. The SMILES string of the molecule is CC(C)OCC1CCCN1CC(F)F. The third-order valence-corrected chi connectivity index (χ3v) is 2.49. The van der Waals surface area contributed by atoms with Crippen molar-refractivity contribution in [3.8, 4) is 0 Å². The lowest BCUT2D eigenvalue weighted by atomic mass is 10.2. The van der Waals surface area contributed by atoms with Gasteiger partial charge in [0, 0.05) is 6.04 Å². The summed E-state index contributed by atoms with van der Waals surface area (Å²) in [6.45, 7) is 5.20. The largest absolute Gasteiger partial charge is 0.377 e. The summed E-state index contributed by atoms with van der Waals surface area (Å²) in [6.07, 6.45) is -0.0446. The first-order valence-electron chi connectivity index (χ1n) is 5.23. The van der Waals surface area contributed by atoms with Crippen LogP contribution in [0.5, 0.6) is 0 Å². The molecule has 0 saturated carbocycles. The second-order valence-electron chi connectivity index (χ2n) is 4.06. The Morgan fingerprint density at radius 1 is 1.43 bits per heavy atom. The van der Waals surface area contributed by atoms with E-state index in [1.165, 1.54) is 0 Å². The van der Waals surface area contributed by atoms with Gasteiger partial charge >= 0.3 is 0 Å². The van der Waals surface area contributed by atoms with E-state index in [2.05, 4.69) is 0 Å². The fourth-order valence-corrected chi connectivity index (χ4v) is 1.81. The van der Waals surface area contributed by atoms with Gasteiger partial charge in [0.15, 0.2) is 0 Å².